The maximum atomic E-state index is 11.5. The van der Waals surface area contributed by atoms with Crippen molar-refractivity contribution in [3.63, 3.8) is 0 Å². The topological polar surface area (TPSA) is 56.0 Å². The molecule has 1 unspecified atom stereocenters. The number of Topliss-reactive ketones (excluding diaryl/α,β-unsaturated/α-hetero) is 1. The van der Waals surface area contributed by atoms with Crippen LogP contribution >= 0.6 is 0 Å². The summed E-state index contributed by atoms with van der Waals surface area (Å²) in [6.07, 6.45) is 3.36. The van der Waals surface area contributed by atoms with E-state index in [0.717, 1.165) is 25.1 Å². The van der Waals surface area contributed by atoms with E-state index in [1.165, 1.54) is 0 Å². The SMILES string of the molecule is CCC(C)c1noc(CC(=O)C2CC2)n1. The van der Waals surface area contributed by atoms with E-state index < -0.39 is 0 Å². The van der Waals surface area contributed by atoms with Crippen LogP contribution in [0.15, 0.2) is 4.52 Å². The van der Waals surface area contributed by atoms with Gasteiger partial charge < -0.3 is 4.52 Å². The molecule has 1 aliphatic carbocycles. The zero-order valence-electron chi connectivity index (χ0n) is 9.19. The average Bonchev–Trinajstić information content (AvgIpc) is 2.99. The molecule has 1 heterocycles. The molecular weight excluding hydrogens is 192 g/mol. The smallest absolute Gasteiger partial charge is 0.234 e. The van der Waals surface area contributed by atoms with Crippen LogP contribution < -0.4 is 0 Å². The first-order valence-corrected chi connectivity index (χ1v) is 5.56. The summed E-state index contributed by atoms with van der Waals surface area (Å²) < 4.78 is 5.05. The van der Waals surface area contributed by atoms with E-state index in [-0.39, 0.29) is 11.7 Å². The van der Waals surface area contributed by atoms with Crippen LogP contribution in [-0.4, -0.2) is 15.9 Å². The second-order valence-corrected chi connectivity index (χ2v) is 4.27. The van der Waals surface area contributed by atoms with Gasteiger partial charge in [-0.1, -0.05) is 19.0 Å². The molecule has 0 amide bonds. The highest BCUT2D eigenvalue weighted by Gasteiger charge is 2.30. The lowest BCUT2D eigenvalue weighted by molar-refractivity contribution is -0.119. The van der Waals surface area contributed by atoms with Gasteiger partial charge in [-0.15, -0.1) is 0 Å². The molecule has 1 saturated carbocycles. The number of carbonyl (C=O) groups excluding carboxylic acids is 1. The van der Waals surface area contributed by atoms with Crippen molar-refractivity contribution in [2.24, 2.45) is 5.92 Å². The lowest BCUT2D eigenvalue weighted by atomic mass is 10.1. The molecule has 15 heavy (non-hydrogen) atoms. The highest BCUT2D eigenvalue weighted by atomic mass is 16.5. The summed E-state index contributed by atoms with van der Waals surface area (Å²) >= 11 is 0. The second kappa shape index (κ2) is 4.13. The number of rotatable bonds is 5. The Morgan fingerprint density at radius 2 is 2.33 bits per heavy atom. The Labute approximate surface area is 89.1 Å². The van der Waals surface area contributed by atoms with Gasteiger partial charge >= 0.3 is 0 Å². The first kappa shape index (κ1) is 10.3. The monoisotopic (exact) mass is 208 g/mol. The fraction of sp³-hybridized carbons (Fsp3) is 0.727. The van der Waals surface area contributed by atoms with E-state index >= 15 is 0 Å². The maximum Gasteiger partial charge on any atom is 0.234 e. The van der Waals surface area contributed by atoms with Crippen molar-refractivity contribution in [1.29, 1.82) is 0 Å². The first-order valence-electron chi connectivity index (χ1n) is 5.56. The van der Waals surface area contributed by atoms with Crippen molar-refractivity contribution in [2.45, 2.75) is 45.4 Å². The van der Waals surface area contributed by atoms with Gasteiger partial charge in [-0.05, 0) is 19.3 Å². The molecule has 1 atom stereocenters. The molecule has 0 aliphatic heterocycles. The molecule has 0 radical (unpaired) electrons. The summed E-state index contributed by atoms with van der Waals surface area (Å²) in [6, 6.07) is 0. The van der Waals surface area contributed by atoms with Crippen LogP contribution in [0.4, 0.5) is 0 Å². The van der Waals surface area contributed by atoms with Gasteiger partial charge in [-0.2, -0.15) is 4.98 Å². The Hall–Kier alpha value is -1.19. The summed E-state index contributed by atoms with van der Waals surface area (Å²) in [5.41, 5.74) is 0. The van der Waals surface area contributed by atoms with Crippen LogP contribution in [-0.2, 0) is 11.2 Å². The molecule has 0 bridgehead atoms. The Bertz CT molecular complexity index is 355. The molecule has 0 N–H and O–H groups in total. The van der Waals surface area contributed by atoms with Crippen molar-refractivity contribution in [3.05, 3.63) is 11.7 Å². The van der Waals surface area contributed by atoms with Gasteiger partial charge in [0.2, 0.25) is 5.89 Å². The second-order valence-electron chi connectivity index (χ2n) is 4.27. The molecule has 1 aliphatic rings. The molecule has 4 heteroatoms. The van der Waals surface area contributed by atoms with E-state index in [4.69, 9.17) is 4.52 Å². The molecule has 1 aromatic heterocycles. The molecular formula is C11H16N2O2. The van der Waals surface area contributed by atoms with Crippen molar-refractivity contribution < 1.29 is 9.32 Å². The van der Waals surface area contributed by atoms with Crippen molar-refractivity contribution in [1.82, 2.24) is 10.1 Å². The average molecular weight is 208 g/mol. The van der Waals surface area contributed by atoms with Gasteiger partial charge in [-0.3, -0.25) is 4.79 Å². The third-order valence-electron chi connectivity index (χ3n) is 2.90. The zero-order chi connectivity index (χ0) is 10.8. The van der Waals surface area contributed by atoms with Crippen LogP contribution in [0.3, 0.4) is 0 Å². The molecule has 4 nitrogen and oxygen atoms in total. The molecule has 0 saturated heterocycles. The summed E-state index contributed by atoms with van der Waals surface area (Å²) in [6.45, 7) is 4.13. The van der Waals surface area contributed by atoms with Gasteiger partial charge in [0.1, 0.15) is 5.78 Å². The van der Waals surface area contributed by atoms with Crippen LogP contribution in [0, 0.1) is 5.92 Å². The van der Waals surface area contributed by atoms with Gasteiger partial charge in [0, 0.05) is 11.8 Å². The number of aromatic nitrogens is 2. The molecule has 82 valence electrons. The number of carbonyl (C=O) groups is 1. The Kier molecular flexibility index (Phi) is 2.84. The first-order chi connectivity index (χ1) is 7.20. The van der Waals surface area contributed by atoms with E-state index in [1.807, 2.05) is 0 Å². The number of nitrogens with zero attached hydrogens (tertiary/aromatic N) is 2. The molecule has 0 spiro atoms. The van der Waals surface area contributed by atoms with E-state index in [1.54, 1.807) is 0 Å². The highest BCUT2D eigenvalue weighted by Crippen LogP contribution is 2.30. The zero-order valence-corrected chi connectivity index (χ0v) is 9.19. The Morgan fingerprint density at radius 1 is 1.60 bits per heavy atom. The minimum Gasteiger partial charge on any atom is -0.339 e. The lowest BCUT2D eigenvalue weighted by Crippen LogP contribution is -2.05. The minimum absolute atomic E-state index is 0.245. The van der Waals surface area contributed by atoms with Gasteiger partial charge in [0.05, 0.1) is 6.42 Å². The highest BCUT2D eigenvalue weighted by molar-refractivity contribution is 5.84. The summed E-state index contributed by atoms with van der Waals surface area (Å²) in [5, 5.41) is 3.88. The third-order valence-corrected chi connectivity index (χ3v) is 2.90. The van der Waals surface area contributed by atoms with Crippen molar-refractivity contribution >= 4 is 5.78 Å². The number of hydrogen-bond acceptors (Lipinski definition) is 4. The van der Waals surface area contributed by atoms with Crippen molar-refractivity contribution in [3.8, 4) is 0 Å². The van der Waals surface area contributed by atoms with Gasteiger partial charge in [0.15, 0.2) is 5.82 Å². The molecule has 1 aromatic rings. The van der Waals surface area contributed by atoms with Crippen LogP contribution in [0.2, 0.25) is 0 Å². The third kappa shape index (κ3) is 2.43. The summed E-state index contributed by atoms with van der Waals surface area (Å²) in [5.74, 6) is 2.01. The van der Waals surface area contributed by atoms with Crippen molar-refractivity contribution in [2.75, 3.05) is 0 Å². The van der Waals surface area contributed by atoms with Gasteiger partial charge in [-0.25, -0.2) is 0 Å². The predicted molar refractivity (Wildman–Crippen MR) is 54.4 cm³/mol. The quantitative estimate of drug-likeness (QED) is 0.743. The van der Waals surface area contributed by atoms with Crippen LogP contribution in [0.1, 0.15) is 50.7 Å². The van der Waals surface area contributed by atoms with E-state index in [2.05, 4.69) is 24.0 Å². The predicted octanol–water partition coefficient (Wildman–Crippen LogP) is 2.10. The molecule has 1 fully saturated rings. The Morgan fingerprint density at radius 3 is 2.93 bits per heavy atom. The van der Waals surface area contributed by atoms with Crippen LogP contribution in [0.25, 0.3) is 0 Å². The standard InChI is InChI=1S/C11H16N2O2/c1-3-7(2)11-12-10(15-13-11)6-9(14)8-4-5-8/h7-8H,3-6H2,1-2H3. The fourth-order valence-corrected chi connectivity index (χ4v) is 1.42. The lowest BCUT2D eigenvalue weighted by Gasteiger charge is -1.98. The molecule has 2 rings (SSSR count). The number of ketones is 1. The van der Waals surface area contributed by atoms with Gasteiger partial charge in [0.25, 0.3) is 0 Å². The van der Waals surface area contributed by atoms with Crippen LogP contribution in [0.5, 0.6) is 0 Å². The molecule has 0 aromatic carbocycles. The summed E-state index contributed by atoms with van der Waals surface area (Å²) in [7, 11) is 0. The normalized spacial score (nSPS) is 17.7. The van der Waals surface area contributed by atoms with E-state index in [9.17, 15) is 4.79 Å². The van der Waals surface area contributed by atoms with E-state index in [0.29, 0.717) is 18.2 Å². The number of hydrogen-bond donors (Lipinski definition) is 0. The Balaban J connectivity index is 1.97. The fourth-order valence-electron chi connectivity index (χ4n) is 1.42. The summed E-state index contributed by atoms with van der Waals surface area (Å²) in [4.78, 5) is 15.7. The largest absolute Gasteiger partial charge is 0.339 e. The minimum atomic E-state index is 0.245. The maximum absolute atomic E-state index is 11.5.